The molecule has 0 radical (unpaired) electrons. The number of rotatable bonds is 3. The fourth-order valence-electron chi connectivity index (χ4n) is 2.19. The first-order valence-corrected chi connectivity index (χ1v) is 8.48. The van der Waals surface area contributed by atoms with E-state index in [1.54, 1.807) is 0 Å². The molecule has 1 heterocycles. The second-order valence-corrected chi connectivity index (χ2v) is 8.09. The normalized spacial score (nSPS) is 25.8. The van der Waals surface area contributed by atoms with Crippen molar-refractivity contribution < 1.29 is 8.42 Å². The molecule has 1 saturated carbocycles. The van der Waals surface area contributed by atoms with Crippen molar-refractivity contribution in [3.63, 3.8) is 0 Å². The maximum atomic E-state index is 11.5. The highest BCUT2D eigenvalue weighted by molar-refractivity contribution is 7.91. The first-order chi connectivity index (χ1) is 7.95. The van der Waals surface area contributed by atoms with Crippen LogP contribution in [0, 0.1) is 6.92 Å². The summed E-state index contributed by atoms with van der Waals surface area (Å²) < 4.78 is 23.1. The van der Waals surface area contributed by atoms with Crippen molar-refractivity contribution in [1.82, 2.24) is 10.2 Å². The minimum Gasteiger partial charge on any atom is -0.357 e. The predicted molar refractivity (Wildman–Crippen MR) is 69.2 cm³/mol. The molecule has 5 nitrogen and oxygen atoms in total. The van der Waals surface area contributed by atoms with Crippen LogP contribution in [-0.2, 0) is 9.84 Å². The molecule has 0 amide bonds. The summed E-state index contributed by atoms with van der Waals surface area (Å²) in [7, 11) is -2.92. The van der Waals surface area contributed by atoms with Crippen LogP contribution in [0.15, 0.2) is 0 Å². The highest BCUT2D eigenvalue weighted by Crippen LogP contribution is 2.27. The average molecular weight is 275 g/mol. The van der Waals surface area contributed by atoms with Crippen LogP contribution >= 0.6 is 11.3 Å². The Morgan fingerprint density at radius 3 is 2.71 bits per heavy atom. The fraction of sp³-hybridized carbons (Fsp3) is 0.800. The Labute approximate surface area is 106 Å². The van der Waals surface area contributed by atoms with E-state index in [-0.39, 0.29) is 11.3 Å². The molecule has 0 aliphatic heterocycles. The minimum atomic E-state index is -2.92. The van der Waals surface area contributed by atoms with Gasteiger partial charge in [0.15, 0.2) is 0 Å². The van der Waals surface area contributed by atoms with Gasteiger partial charge in [0.1, 0.15) is 14.8 Å². The summed E-state index contributed by atoms with van der Waals surface area (Å²) in [6, 6.07) is 0.204. The van der Waals surface area contributed by atoms with Gasteiger partial charge in [-0.2, -0.15) is 0 Å². The Bertz CT molecular complexity index is 483. The second-order valence-electron chi connectivity index (χ2n) is 4.59. The topological polar surface area (TPSA) is 72.0 Å². The van der Waals surface area contributed by atoms with E-state index >= 15 is 0 Å². The number of hydrogen-bond donors (Lipinski definition) is 1. The van der Waals surface area contributed by atoms with Crippen LogP contribution < -0.4 is 5.32 Å². The van der Waals surface area contributed by atoms with E-state index in [1.165, 1.54) is 17.6 Å². The summed E-state index contributed by atoms with van der Waals surface area (Å²) in [5.74, 6) is 0. The van der Waals surface area contributed by atoms with Crippen molar-refractivity contribution in [2.75, 3.05) is 11.6 Å². The lowest BCUT2D eigenvalue weighted by atomic mass is 9.95. The Morgan fingerprint density at radius 2 is 2.12 bits per heavy atom. The predicted octanol–water partition coefficient (Wildman–Crippen LogP) is 1.61. The molecule has 0 saturated heterocycles. The van der Waals surface area contributed by atoms with Gasteiger partial charge < -0.3 is 5.32 Å². The number of nitrogens with one attached hydrogen (secondary N) is 1. The van der Waals surface area contributed by atoms with Crippen LogP contribution in [0.1, 0.15) is 30.7 Å². The Morgan fingerprint density at radius 1 is 1.35 bits per heavy atom. The zero-order valence-corrected chi connectivity index (χ0v) is 11.6. The average Bonchev–Trinajstić information content (AvgIpc) is 2.63. The molecule has 0 spiro atoms. The lowest BCUT2D eigenvalue weighted by Crippen LogP contribution is -2.34. The molecule has 17 heavy (non-hydrogen) atoms. The molecule has 7 heteroatoms. The van der Waals surface area contributed by atoms with E-state index in [0.29, 0.717) is 6.42 Å². The van der Waals surface area contributed by atoms with Crippen LogP contribution in [0.5, 0.6) is 0 Å². The van der Waals surface area contributed by atoms with E-state index in [9.17, 15) is 8.42 Å². The Balaban J connectivity index is 1.98. The highest BCUT2D eigenvalue weighted by atomic mass is 32.2. The first-order valence-electron chi connectivity index (χ1n) is 5.70. The molecule has 2 rings (SSSR count). The third-order valence-corrected chi connectivity index (χ3v) is 5.49. The quantitative estimate of drug-likeness (QED) is 0.907. The van der Waals surface area contributed by atoms with Gasteiger partial charge in [0.25, 0.3) is 0 Å². The molecule has 0 aromatic carbocycles. The standard InChI is InChI=1S/C10H17N3O2S2/c1-7-12-13-10(16-7)11-8-4-3-5-9(6-8)17(2,14)15/h8-9H,3-6H2,1-2H3,(H,11,13). The van der Waals surface area contributed by atoms with Crippen molar-refractivity contribution in [1.29, 1.82) is 0 Å². The van der Waals surface area contributed by atoms with E-state index < -0.39 is 9.84 Å². The molecule has 1 aliphatic rings. The van der Waals surface area contributed by atoms with Crippen LogP contribution in [0.3, 0.4) is 0 Å². The molecule has 1 aliphatic carbocycles. The molecule has 1 fully saturated rings. The molecule has 1 aromatic rings. The maximum Gasteiger partial charge on any atom is 0.205 e. The van der Waals surface area contributed by atoms with Gasteiger partial charge in [-0.1, -0.05) is 17.8 Å². The Hall–Kier alpha value is -0.690. The molecule has 2 atom stereocenters. The van der Waals surface area contributed by atoms with Gasteiger partial charge in [-0.25, -0.2) is 8.42 Å². The Kier molecular flexibility index (Phi) is 3.67. The van der Waals surface area contributed by atoms with Gasteiger partial charge in [-0.05, 0) is 26.2 Å². The van der Waals surface area contributed by atoms with E-state index in [1.807, 2.05) is 6.92 Å². The van der Waals surface area contributed by atoms with E-state index in [0.717, 1.165) is 29.4 Å². The van der Waals surface area contributed by atoms with Gasteiger partial charge in [0, 0.05) is 12.3 Å². The number of nitrogens with zero attached hydrogens (tertiary/aromatic N) is 2. The van der Waals surface area contributed by atoms with Crippen LogP contribution in [0.2, 0.25) is 0 Å². The van der Waals surface area contributed by atoms with Gasteiger partial charge in [0.2, 0.25) is 5.13 Å². The molecule has 2 unspecified atom stereocenters. The minimum absolute atomic E-state index is 0.204. The van der Waals surface area contributed by atoms with E-state index in [2.05, 4.69) is 15.5 Å². The SMILES string of the molecule is Cc1nnc(NC2CCCC(S(C)(=O)=O)C2)s1. The largest absolute Gasteiger partial charge is 0.357 e. The molecule has 0 bridgehead atoms. The van der Waals surface area contributed by atoms with Gasteiger partial charge in [0.05, 0.1) is 5.25 Å². The summed E-state index contributed by atoms with van der Waals surface area (Å²) in [5, 5.41) is 12.7. The second kappa shape index (κ2) is 4.89. The number of hydrogen-bond acceptors (Lipinski definition) is 6. The van der Waals surface area contributed by atoms with Crippen molar-refractivity contribution in [3.05, 3.63) is 5.01 Å². The first kappa shape index (κ1) is 12.8. The lowest BCUT2D eigenvalue weighted by molar-refractivity contribution is 0.452. The van der Waals surface area contributed by atoms with Crippen molar-refractivity contribution in [2.24, 2.45) is 0 Å². The van der Waals surface area contributed by atoms with Crippen molar-refractivity contribution in [3.8, 4) is 0 Å². The summed E-state index contributed by atoms with van der Waals surface area (Å²) >= 11 is 1.51. The molecular weight excluding hydrogens is 258 g/mol. The monoisotopic (exact) mass is 275 g/mol. The lowest BCUT2D eigenvalue weighted by Gasteiger charge is -2.28. The van der Waals surface area contributed by atoms with Crippen molar-refractivity contribution >= 4 is 26.3 Å². The summed E-state index contributed by atoms with van der Waals surface area (Å²) in [6.07, 6.45) is 4.75. The zero-order valence-electron chi connectivity index (χ0n) is 10.0. The van der Waals surface area contributed by atoms with Crippen LogP contribution in [-0.4, -0.2) is 36.2 Å². The van der Waals surface area contributed by atoms with Crippen LogP contribution in [0.25, 0.3) is 0 Å². The fourth-order valence-corrected chi connectivity index (χ4v) is 4.04. The van der Waals surface area contributed by atoms with Crippen molar-refractivity contribution in [2.45, 2.75) is 43.9 Å². The summed E-state index contributed by atoms with van der Waals surface area (Å²) in [5.41, 5.74) is 0. The summed E-state index contributed by atoms with van der Waals surface area (Å²) in [6.45, 7) is 1.91. The summed E-state index contributed by atoms with van der Waals surface area (Å²) in [4.78, 5) is 0. The molecule has 1 N–H and O–H groups in total. The number of aryl methyl sites for hydroxylation is 1. The maximum absolute atomic E-state index is 11.5. The highest BCUT2D eigenvalue weighted by Gasteiger charge is 2.29. The van der Waals surface area contributed by atoms with Gasteiger partial charge in [-0.3, -0.25) is 0 Å². The molecule has 96 valence electrons. The number of anilines is 1. The number of aromatic nitrogens is 2. The van der Waals surface area contributed by atoms with Gasteiger partial charge >= 0.3 is 0 Å². The van der Waals surface area contributed by atoms with Crippen LogP contribution in [0.4, 0.5) is 5.13 Å². The van der Waals surface area contributed by atoms with Gasteiger partial charge in [-0.15, -0.1) is 10.2 Å². The third kappa shape index (κ3) is 3.38. The van der Waals surface area contributed by atoms with E-state index in [4.69, 9.17) is 0 Å². The smallest absolute Gasteiger partial charge is 0.205 e. The third-order valence-electron chi connectivity index (χ3n) is 3.09. The molecular formula is C10H17N3O2S2. The number of sulfone groups is 1. The zero-order chi connectivity index (χ0) is 12.5. The molecule has 1 aromatic heterocycles.